The largest absolute Gasteiger partial charge is 0.389 e. The number of benzene rings is 1. The van der Waals surface area contributed by atoms with Crippen LogP contribution in [0.5, 0.6) is 0 Å². The van der Waals surface area contributed by atoms with Gasteiger partial charge in [-0.05, 0) is 73.8 Å². The number of halogens is 1. The molecule has 0 saturated heterocycles. The van der Waals surface area contributed by atoms with Gasteiger partial charge in [0, 0.05) is 18.2 Å². The molecule has 3 aliphatic rings. The van der Waals surface area contributed by atoms with Gasteiger partial charge in [0.25, 0.3) is 0 Å². The summed E-state index contributed by atoms with van der Waals surface area (Å²) >= 11 is 0. The first-order valence-corrected chi connectivity index (χ1v) is 13.4. The number of carbonyl (C=O) groups is 1. The monoisotopic (exact) mass is 538 g/mol. The molecule has 7 rings (SSSR count). The minimum atomic E-state index is -1.15. The summed E-state index contributed by atoms with van der Waals surface area (Å²) in [4.78, 5) is 30.6. The van der Waals surface area contributed by atoms with Gasteiger partial charge >= 0.3 is 0 Å². The second kappa shape index (κ2) is 8.91. The molecule has 1 aromatic carbocycles. The van der Waals surface area contributed by atoms with Crippen molar-refractivity contribution in [1.29, 1.82) is 0 Å². The Labute approximate surface area is 229 Å². The summed E-state index contributed by atoms with van der Waals surface area (Å²) in [7, 11) is 0. The first kappa shape index (κ1) is 24.8. The zero-order chi connectivity index (χ0) is 27.8. The van der Waals surface area contributed by atoms with E-state index in [1.165, 1.54) is 6.92 Å². The molecule has 202 valence electrons. The van der Waals surface area contributed by atoms with Crippen molar-refractivity contribution in [2.75, 3.05) is 5.32 Å². The molecule has 3 heterocycles. The molecule has 3 saturated carbocycles. The van der Waals surface area contributed by atoms with E-state index in [1.807, 2.05) is 12.1 Å². The van der Waals surface area contributed by atoms with Crippen molar-refractivity contribution in [2.45, 2.75) is 56.9 Å². The van der Waals surface area contributed by atoms with Gasteiger partial charge in [-0.3, -0.25) is 4.79 Å². The highest BCUT2D eigenvalue weighted by Gasteiger charge is 2.74. The molecule has 0 aliphatic heterocycles. The third kappa shape index (κ3) is 3.80. The van der Waals surface area contributed by atoms with Crippen LogP contribution in [-0.4, -0.2) is 58.7 Å². The second-order valence-corrected chi connectivity index (χ2v) is 11.1. The Bertz CT molecular complexity index is 1730. The number of fused-ring (bicyclic) bond motifs is 2. The van der Waals surface area contributed by atoms with E-state index in [1.54, 1.807) is 48.3 Å². The van der Waals surface area contributed by atoms with Gasteiger partial charge in [-0.25, -0.2) is 24.3 Å². The number of aromatic nitrogens is 5. The van der Waals surface area contributed by atoms with Crippen LogP contribution >= 0.6 is 0 Å². The SMILES string of the molecule is CC(=O)[C@@]12CC1[C@@H](n1cnc3c(N[C@@H]4CC4c4ccc(C)c(F)c4)nc(C#Cc4ccccn4)nc31)[C@H](O)C2O. The number of ketones is 1. The minimum Gasteiger partial charge on any atom is -0.389 e. The van der Waals surface area contributed by atoms with E-state index in [-0.39, 0.29) is 35.3 Å². The number of hydrogen-bond donors (Lipinski definition) is 3. The quantitative estimate of drug-likeness (QED) is 0.331. The molecule has 0 radical (unpaired) electrons. The Hall–Kier alpha value is -4.20. The van der Waals surface area contributed by atoms with Crippen molar-refractivity contribution in [3.05, 3.63) is 77.4 Å². The Balaban J connectivity index is 1.27. The van der Waals surface area contributed by atoms with E-state index < -0.39 is 23.7 Å². The molecule has 4 aromatic rings. The van der Waals surface area contributed by atoms with Gasteiger partial charge in [-0.1, -0.05) is 18.2 Å². The number of imidazole rings is 1. The molecule has 3 unspecified atom stereocenters. The highest BCUT2D eigenvalue weighted by atomic mass is 19.1. The van der Waals surface area contributed by atoms with Gasteiger partial charge < -0.3 is 20.1 Å². The first-order valence-electron chi connectivity index (χ1n) is 13.4. The number of aliphatic hydroxyl groups is 2. The summed E-state index contributed by atoms with van der Waals surface area (Å²) in [5.74, 6) is 6.25. The standard InChI is InChI=1S/C30H27FN6O3/c1-15-6-7-17(11-21(15)31)19-12-22(19)34-28-24-29(36-23(35-28)9-8-18-5-3-4-10-32-18)37(14-33-24)25-20-13-30(20,16(2)38)27(40)26(25)39/h3-7,10-11,14,19-20,22,25-27,39-40H,12-13H2,1-2H3,(H,34,35,36)/t19?,20?,22-,25-,26+,27?,30+/m1/s1. The van der Waals surface area contributed by atoms with Gasteiger partial charge in [0.1, 0.15) is 23.4 Å². The van der Waals surface area contributed by atoms with Gasteiger partial charge in [0.2, 0.25) is 5.82 Å². The van der Waals surface area contributed by atoms with Crippen LogP contribution in [0.15, 0.2) is 48.9 Å². The number of anilines is 1. The topological polar surface area (TPSA) is 126 Å². The molecule has 10 heteroatoms. The number of nitrogens with zero attached hydrogens (tertiary/aromatic N) is 5. The number of aliphatic hydroxyl groups excluding tert-OH is 2. The lowest BCUT2D eigenvalue weighted by molar-refractivity contribution is -0.128. The van der Waals surface area contributed by atoms with E-state index in [0.717, 1.165) is 12.0 Å². The normalized spacial score (nSPS) is 29.9. The molecule has 3 N–H and O–H groups in total. The molecule has 3 fully saturated rings. The van der Waals surface area contributed by atoms with Crippen molar-refractivity contribution < 1.29 is 19.4 Å². The maximum Gasteiger partial charge on any atom is 0.209 e. The number of hydrogen-bond acceptors (Lipinski definition) is 8. The zero-order valence-electron chi connectivity index (χ0n) is 21.9. The van der Waals surface area contributed by atoms with Crippen LogP contribution in [0.2, 0.25) is 0 Å². The Morgan fingerprint density at radius 1 is 1.18 bits per heavy atom. The smallest absolute Gasteiger partial charge is 0.209 e. The predicted molar refractivity (Wildman–Crippen MR) is 144 cm³/mol. The average molecular weight is 539 g/mol. The summed E-state index contributed by atoms with van der Waals surface area (Å²) in [6.07, 6.45) is 2.25. The van der Waals surface area contributed by atoms with Crippen LogP contribution in [0.4, 0.5) is 10.2 Å². The van der Waals surface area contributed by atoms with E-state index in [2.05, 4.69) is 37.1 Å². The molecule has 0 spiro atoms. The summed E-state index contributed by atoms with van der Waals surface area (Å²) in [6.45, 7) is 3.21. The molecule has 9 nitrogen and oxygen atoms in total. The highest BCUT2D eigenvalue weighted by molar-refractivity contribution is 5.88. The van der Waals surface area contributed by atoms with Crippen LogP contribution in [0.25, 0.3) is 11.2 Å². The lowest BCUT2D eigenvalue weighted by Gasteiger charge is -2.23. The molecule has 0 bridgehead atoms. The Morgan fingerprint density at radius 3 is 2.75 bits per heavy atom. The van der Waals surface area contributed by atoms with E-state index >= 15 is 0 Å². The predicted octanol–water partition coefficient (Wildman–Crippen LogP) is 2.91. The fraction of sp³-hybridized carbons (Fsp3) is 0.367. The number of rotatable bonds is 5. The summed E-state index contributed by atoms with van der Waals surface area (Å²) < 4.78 is 15.9. The van der Waals surface area contributed by atoms with Crippen molar-refractivity contribution in [2.24, 2.45) is 11.3 Å². The van der Waals surface area contributed by atoms with Gasteiger partial charge in [-0.15, -0.1) is 0 Å². The summed E-state index contributed by atoms with van der Waals surface area (Å²) in [6, 6.07) is 10.2. The van der Waals surface area contributed by atoms with Crippen LogP contribution in [0.3, 0.4) is 0 Å². The maximum absolute atomic E-state index is 14.2. The molecule has 3 aliphatic carbocycles. The highest BCUT2D eigenvalue weighted by Crippen LogP contribution is 2.68. The fourth-order valence-corrected chi connectivity index (χ4v) is 6.36. The Kier molecular flexibility index (Phi) is 5.53. The van der Waals surface area contributed by atoms with Crippen molar-refractivity contribution >= 4 is 22.8 Å². The summed E-state index contributed by atoms with van der Waals surface area (Å²) in [5.41, 5.74) is 2.11. The second-order valence-electron chi connectivity index (χ2n) is 11.1. The van der Waals surface area contributed by atoms with Crippen molar-refractivity contribution in [3.8, 4) is 11.8 Å². The van der Waals surface area contributed by atoms with Crippen LogP contribution in [0.1, 0.15) is 54.4 Å². The van der Waals surface area contributed by atoms with E-state index in [0.29, 0.717) is 34.7 Å². The van der Waals surface area contributed by atoms with Crippen molar-refractivity contribution in [1.82, 2.24) is 24.5 Å². The molecule has 3 aromatic heterocycles. The number of pyridine rings is 1. The van der Waals surface area contributed by atoms with Gasteiger partial charge in [-0.2, -0.15) is 0 Å². The third-order valence-electron chi connectivity index (χ3n) is 8.77. The lowest BCUT2D eigenvalue weighted by atomic mass is 9.95. The number of carbonyl (C=O) groups excluding carboxylic acids is 1. The molecule has 40 heavy (non-hydrogen) atoms. The number of nitrogens with one attached hydrogen (secondary N) is 1. The number of Topliss-reactive ketones (excluding diaryl/α,β-unsaturated/α-hetero) is 1. The molecule has 0 amide bonds. The van der Waals surface area contributed by atoms with E-state index in [4.69, 9.17) is 0 Å². The number of aryl methyl sites for hydroxylation is 1. The molecular formula is C30H27FN6O3. The zero-order valence-corrected chi connectivity index (χ0v) is 21.9. The molecule has 7 atom stereocenters. The Morgan fingerprint density at radius 2 is 2.02 bits per heavy atom. The van der Waals surface area contributed by atoms with Crippen LogP contribution < -0.4 is 5.32 Å². The van der Waals surface area contributed by atoms with Gasteiger partial charge in [0.15, 0.2) is 17.0 Å². The summed E-state index contributed by atoms with van der Waals surface area (Å²) in [5, 5.41) is 25.2. The maximum atomic E-state index is 14.2. The van der Waals surface area contributed by atoms with Crippen LogP contribution in [-0.2, 0) is 4.79 Å². The fourth-order valence-electron chi connectivity index (χ4n) is 6.36. The van der Waals surface area contributed by atoms with E-state index in [9.17, 15) is 19.4 Å². The van der Waals surface area contributed by atoms with Crippen LogP contribution in [0, 0.1) is 35.9 Å². The molecular weight excluding hydrogens is 511 g/mol. The van der Waals surface area contributed by atoms with Gasteiger partial charge in [0.05, 0.1) is 23.9 Å². The third-order valence-corrected chi connectivity index (χ3v) is 8.77. The van der Waals surface area contributed by atoms with Crippen molar-refractivity contribution in [3.63, 3.8) is 0 Å². The first-order chi connectivity index (χ1) is 19.3. The average Bonchev–Trinajstić information content (AvgIpc) is 3.83. The lowest BCUT2D eigenvalue weighted by Crippen LogP contribution is -2.36. The minimum absolute atomic E-state index is 0.0228.